The number of hydrogen-bond donors (Lipinski definition) is 1. The second-order valence-corrected chi connectivity index (χ2v) is 4.81. The summed E-state index contributed by atoms with van der Waals surface area (Å²) in [6.45, 7) is 8.78. The predicted molar refractivity (Wildman–Crippen MR) is 63.2 cm³/mol. The normalized spacial score (nSPS) is 24.2. The molecule has 1 rings (SSSR count). The Bertz CT molecular complexity index is 308. The Balaban J connectivity index is 3.04. The first-order chi connectivity index (χ1) is 7.00. The van der Waals surface area contributed by atoms with E-state index in [0.29, 0.717) is 5.92 Å². The fourth-order valence-corrected chi connectivity index (χ4v) is 2.00. The molecule has 0 bridgehead atoms. The summed E-state index contributed by atoms with van der Waals surface area (Å²) in [6, 6.07) is 0. The Labute approximate surface area is 91.6 Å². The maximum Gasteiger partial charge on any atom is 0.0893 e. The first-order valence-corrected chi connectivity index (χ1v) is 5.33. The van der Waals surface area contributed by atoms with E-state index in [2.05, 4.69) is 43.9 Å². The summed E-state index contributed by atoms with van der Waals surface area (Å²) in [5, 5.41) is 3.87. The van der Waals surface area contributed by atoms with E-state index in [1.165, 1.54) is 5.57 Å². The molecule has 0 aliphatic heterocycles. The van der Waals surface area contributed by atoms with Crippen LogP contribution in [0.1, 0.15) is 34.1 Å². The maximum atomic E-state index is 4.99. The van der Waals surface area contributed by atoms with Crippen LogP contribution in [0.25, 0.3) is 0 Å². The number of allylic oxidation sites excluding steroid dienone is 4. The van der Waals surface area contributed by atoms with Crippen molar-refractivity contribution < 1.29 is 4.94 Å². The Morgan fingerprint density at radius 1 is 1.47 bits per heavy atom. The van der Waals surface area contributed by atoms with E-state index in [1.54, 1.807) is 0 Å². The largest absolute Gasteiger partial charge is 0.302 e. The van der Waals surface area contributed by atoms with Gasteiger partial charge in [-0.15, -0.1) is 5.90 Å². The minimum Gasteiger partial charge on any atom is -0.302 e. The summed E-state index contributed by atoms with van der Waals surface area (Å²) in [5.74, 6) is 5.31. The van der Waals surface area contributed by atoms with Gasteiger partial charge in [-0.3, -0.25) is 0 Å². The first-order valence-electron chi connectivity index (χ1n) is 5.33. The Morgan fingerprint density at radius 2 is 2.13 bits per heavy atom. The molecule has 0 spiro atoms. The molecular formula is C12H20N2O. The number of rotatable bonds is 2. The Kier molecular flexibility index (Phi) is 3.69. The zero-order valence-corrected chi connectivity index (χ0v) is 9.95. The molecule has 0 aromatic carbocycles. The summed E-state index contributed by atoms with van der Waals surface area (Å²) in [6.07, 6.45) is 7.14. The molecule has 2 N–H and O–H groups in total. The van der Waals surface area contributed by atoms with E-state index in [9.17, 15) is 0 Å². The van der Waals surface area contributed by atoms with Crippen LogP contribution in [0.2, 0.25) is 0 Å². The minimum atomic E-state index is 0.154. The molecule has 1 unspecified atom stereocenters. The second kappa shape index (κ2) is 4.62. The van der Waals surface area contributed by atoms with Gasteiger partial charge in [0.2, 0.25) is 0 Å². The highest BCUT2D eigenvalue weighted by Gasteiger charge is 2.28. The van der Waals surface area contributed by atoms with Crippen molar-refractivity contribution in [2.75, 3.05) is 0 Å². The van der Waals surface area contributed by atoms with Crippen LogP contribution in [0.4, 0.5) is 0 Å². The molecule has 0 aromatic rings. The SMILES string of the molecule is CCC1C(C(C)(C)C)=CC=C/C1=N/ON. The molecule has 3 heteroatoms. The highest BCUT2D eigenvalue weighted by Crippen LogP contribution is 2.36. The number of oxime groups is 1. The van der Waals surface area contributed by atoms with Crippen molar-refractivity contribution in [2.45, 2.75) is 34.1 Å². The molecule has 1 atom stereocenters. The quantitative estimate of drug-likeness (QED) is 0.709. The van der Waals surface area contributed by atoms with Crippen molar-refractivity contribution in [3.63, 3.8) is 0 Å². The van der Waals surface area contributed by atoms with Gasteiger partial charge in [0, 0.05) is 5.92 Å². The van der Waals surface area contributed by atoms with Gasteiger partial charge in [0.05, 0.1) is 5.71 Å². The zero-order chi connectivity index (χ0) is 11.5. The lowest BCUT2D eigenvalue weighted by atomic mass is 9.74. The van der Waals surface area contributed by atoms with E-state index in [-0.39, 0.29) is 5.41 Å². The second-order valence-electron chi connectivity index (χ2n) is 4.81. The van der Waals surface area contributed by atoms with E-state index in [0.717, 1.165) is 12.1 Å². The highest BCUT2D eigenvalue weighted by atomic mass is 16.7. The average molecular weight is 208 g/mol. The van der Waals surface area contributed by atoms with Gasteiger partial charge in [0.25, 0.3) is 0 Å². The molecule has 0 heterocycles. The molecule has 0 aromatic heterocycles. The third-order valence-electron chi connectivity index (χ3n) is 2.71. The first kappa shape index (κ1) is 12.0. The van der Waals surface area contributed by atoms with Crippen molar-refractivity contribution in [3.8, 4) is 0 Å². The van der Waals surface area contributed by atoms with Crippen LogP contribution in [0.15, 0.2) is 29.0 Å². The molecule has 1 aliphatic rings. The predicted octanol–water partition coefficient (Wildman–Crippen LogP) is 2.80. The summed E-state index contributed by atoms with van der Waals surface area (Å²) < 4.78 is 0. The van der Waals surface area contributed by atoms with Crippen molar-refractivity contribution in [1.82, 2.24) is 0 Å². The molecule has 0 saturated carbocycles. The monoisotopic (exact) mass is 208 g/mol. The molecule has 0 saturated heterocycles. The summed E-state index contributed by atoms with van der Waals surface area (Å²) in [5.41, 5.74) is 2.44. The molecule has 84 valence electrons. The number of nitrogens with zero attached hydrogens (tertiary/aromatic N) is 1. The van der Waals surface area contributed by atoms with Crippen molar-refractivity contribution in [3.05, 3.63) is 23.8 Å². The summed E-state index contributed by atoms with van der Waals surface area (Å²) in [7, 11) is 0. The number of nitrogens with two attached hydrogens (primary N) is 1. The summed E-state index contributed by atoms with van der Waals surface area (Å²) >= 11 is 0. The third kappa shape index (κ3) is 2.69. The summed E-state index contributed by atoms with van der Waals surface area (Å²) in [4.78, 5) is 4.38. The maximum absolute atomic E-state index is 4.99. The molecular weight excluding hydrogens is 188 g/mol. The van der Waals surface area contributed by atoms with Gasteiger partial charge < -0.3 is 4.94 Å². The topological polar surface area (TPSA) is 47.6 Å². The smallest absolute Gasteiger partial charge is 0.0893 e. The fraction of sp³-hybridized carbons (Fsp3) is 0.583. The molecule has 1 aliphatic carbocycles. The van der Waals surface area contributed by atoms with E-state index in [1.807, 2.05) is 12.2 Å². The van der Waals surface area contributed by atoms with Gasteiger partial charge in [0.1, 0.15) is 0 Å². The number of hydrogen-bond acceptors (Lipinski definition) is 3. The van der Waals surface area contributed by atoms with E-state index in [4.69, 9.17) is 5.90 Å². The molecule has 0 fully saturated rings. The van der Waals surface area contributed by atoms with Crippen LogP contribution in [0, 0.1) is 11.3 Å². The Hall–Kier alpha value is -1.09. The van der Waals surface area contributed by atoms with Gasteiger partial charge >= 0.3 is 0 Å². The molecule has 15 heavy (non-hydrogen) atoms. The van der Waals surface area contributed by atoms with Crippen LogP contribution in [-0.2, 0) is 4.94 Å². The van der Waals surface area contributed by atoms with Crippen molar-refractivity contribution >= 4 is 5.71 Å². The third-order valence-corrected chi connectivity index (χ3v) is 2.71. The van der Waals surface area contributed by atoms with Crippen molar-refractivity contribution in [2.24, 2.45) is 22.4 Å². The molecule has 0 amide bonds. The molecule has 0 radical (unpaired) electrons. The van der Waals surface area contributed by atoms with Crippen molar-refractivity contribution in [1.29, 1.82) is 0 Å². The fourth-order valence-electron chi connectivity index (χ4n) is 2.00. The van der Waals surface area contributed by atoms with Crippen LogP contribution in [-0.4, -0.2) is 5.71 Å². The van der Waals surface area contributed by atoms with Gasteiger partial charge in [-0.25, -0.2) is 0 Å². The van der Waals surface area contributed by atoms with Crippen LogP contribution >= 0.6 is 0 Å². The minimum absolute atomic E-state index is 0.154. The standard InChI is InChI=1S/C12H20N2O/c1-5-9-10(12(2,3)4)7-6-8-11(9)14-15-13/h6-9H,5,13H2,1-4H3/b14-11-. The van der Waals surface area contributed by atoms with E-state index < -0.39 is 0 Å². The van der Waals surface area contributed by atoms with Crippen LogP contribution in [0.5, 0.6) is 0 Å². The Morgan fingerprint density at radius 3 is 2.60 bits per heavy atom. The molecule has 3 nitrogen and oxygen atoms in total. The van der Waals surface area contributed by atoms with Gasteiger partial charge in [-0.05, 0) is 17.9 Å². The van der Waals surface area contributed by atoms with Gasteiger partial charge in [-0.2, -0.15) is 0 Å². The zero-order valence-electron chi connectivity index (χ0n) is 9.95. The van der Waals surface area contributed by atoms with Gasteiger partial charge in [-0.1, -0.05) is 50.6 Å². The highest BCUT2D eigenvalue weighted by molar-refractivity contribution is 5.99. The van der Waals surface area contributed by atoms with Gasteiger partial charge in [0.15, 0.2) is 0 Å². The average Bonchev–Trinajstić information content (AvgIpc) is 2.16. The lowest BCUT2D eigenvalue weighted by Crippen LogP contribution is -2.25. The van der Waals surface area contributed by atoms with E-state index >= 15 is 0 Å². The van der Waals surface area contributed by atoms with Crippen LogP contribution < -0.4 is 5.90 Å². The van der Waals surface area contributed by atoms with Crippen LogP contribution in [0.3, 0.4) is 0 Å². The lowest BCUT2D eigenvalue weighted by molar-refractivity contribution is 0.147. The lowest BCUT2D eigenvalue weighted by Gasteiger charge is -2.31.